The zero-order valence-electron chi connectivity index (χ0n) is 8.78. The second-order valence-corrected chi connectivity index (χ2v) is 3.14. The van der Waals surface area contributed by atoms with Crippen molar-refractivity contribution < 1.29 is 9.53 Å². The predicted molar refractivity (Wildman–Crippen MR) is 55.6 cm³/mol. The maximum Gasteiger partial charge on any atom is 0.254 e. The first-order valence-corrected chi connectivity index (χ1v) is 4.51. The van der Waals surface area contributed by atoms with E-state index in [1.807, 2.05) is 19.1 Å². The van der Waals surface area contributed by atoms with E-state index in [0.717, 1.165) is 5.57 Å². The van der Waals surface area contributed by atoms with Crippen LogP contribution >= 0.6 is 0 Å². The molecule has 0 spiro atoms. The van der Waals surface area contributed by atoms with E-state index in [2.05, 4.69) is 0 Å². The average molecular weight is 193 g/mol. The topological polar surface area (TPSA) is 29.5 Å². The van der Waals surface area contributed by atoms with Crippen LogP contribution < -0.4 is 0 Å². The summed E-state index contributed by atoms with van der Waals surface area (Å²) >= 11 is 0. The molecule has 1 rings (SSSR count). The first-order valence-electron chi connectivity index (χ1n) is 4.51. The van der Waals surface area contributed by atoms with E-state index < -0.39 is 0 Å². The number of methoxy groups -OCH3 is 1. The van der Waals surface area contributed by atoms with Gasteiger partial charge in [0.05, 0.1) is 13.4 Å². The van der Waals surface area contributed by atoms with E-state index in [-0.39, 0.29) is 5.91 Å². The first-order chi connectivity index (χ1) is 6.70. The number of nitrogens with zero attached hydrogens (tertiary/aromatic N) is 1. The minimum Gasteiger partial charge on any atom is -0.504 e. The van der Waals surface area contributed by atoms with Gasteiger partial charge in [0.1, 0.15) is 0 Å². The smallest absolute Gasteiger partial charge is 0.254 e. The Morgan fingerprint density at radius 3 is 2.71 bits per heavy atom. The number of rotatable bonds is 3. The second kappa shape index (κ2) is 4.65. The molecule has 3 heteroatoms. The lowest BCUT2D eigenvalue weighted by molar-refractivity contribution is -0.124. The van der Waals surface area contributed by atoms with Gasteiger partial charge in [-0.05, 0) is 18.6 Å². The molecule has 0 aliphatic carbocycles. The maximum atomic E-state index is 11.6. The van der Waals surface area contributed by atoms with E-state index >= 15 is 0 Å². The number of amides is 1. The van der Waals surface area contributed by atoms with Gasteiger partial charge in [-0.1, -0.05) is 12.2 Å². The highest BCUT2D eigenvalue weighted by atomic mass is 16.5. The molecule has 1 aliphatic heterocycles. The molecule has 14 heavy (non-hydrogen) atoms. The highest BCUT2D eigenvalue weighted by Gasteiger charge is 2.23. The monoisotopic (exact) mass is 193 g/mol. The van der Waals surface area contributed by atoms with Crippen molar-refractivity contribution in [2.75, 3.05) is 20.7 Å². The molecule has 76 valence electrons. The van der Waals surface area contributed by atoms with Gasteiger partial charge < -0.3 is 9.64 Å². The first kappa shape index (κ1) is 10.6. The quantitative estimate of drug-likeness (QED) is 0.635. The number of ether oxygens (including phenoxy) is 1. The Hall–Kier alpha value is -1.51. The van der Waals surface area contributed by atoms with Crippen molar-refractivity contribution in [2.45, 2.75) is 6.92 Å². The van der Waals surface area contributed by atoms with E-state index in [4.69, 9.17) is 4.74 Å². The van der Waals surface area contributed by atoms with Crippen molar-refractivity contribution in [3.8, 4) is 0 Å². The third kappa shape index (κ3) is 2.05. The summed E-state index contributed by atoms with van der Waals surface area (Å²) in [5.74, 6) is 0.0476. The zero-order chi connectivity index (χ0) is 10.6. The third-order valence-corrected chi connectivity index (χ3v) is 2.07. The van der Waals surface area contributed by atoms with Gasteiger partial charge in [0.2, 0.25) is 0 Å². The highest BCUT2D eigenvalue weighted by molar-refractivity contribution is 6.00. The van der Waals surface area contributed by atoms with Crippen molar-refractivity contribution in [2.24, 2.45) is 0 Å². The molecular weight excluding hydrogens is 178 g/mol. The summed E-state index contributed by atoms with van der Waals surface area (Å²) in [4.78, 5) is 13.3. The van der Waals surface area contributed by atoms with Gasteiger partial charge in [-0.25, -0.2) is 0 Å². The number of carbonyl (C=O) groups excluding carboxylic acids is 1. The number of hydrogen-bond acceptors (Lipinski definition) is 2. The fourth-order valence-corrected chi connectivity index (χ4v) is 1.41. The van der Waals surface area contributed by atoms with Crippen LogP contribution in [0.15, 0.2) is 35.6 Å². The Morgan fingerprint density at radius 2 is 2.14 bits per heavy atom. The molecule has 0 aromatic carbocycles. The summed E-state index contributed by atoms with van der Waals surface area (Å²) < 4.78 is 4.80. The van der Waals surface area contributed by atoms with Crippen LogP contribution in [0.25, 0.3) is 0 Å². The molecule has 1 amide bonds. The molecule has 0 radical (unpaired) electrons. The van der Waals surface area contributed by atoms with Crippen LogP contribution in [-0.4, -0.2) is 31.5 Å². The van der Waals surface area contributed by atoms with E-state index in [1.165, 1.54) is 6.26 Å². The Balaban J connectivity index is 2.96. The second-order valence-electron chi connectivity index (χ2n) is 3.14. The van der Waals surface area contributed by atoms with Crippen molar-refractivity contribution >= 4 is 5.91 Å². The molecule has 3 nitrogen and oxygen atoms in total. The summed E-state index contributed by atoms with van der Waals surface area (Å²) in [5, 5.41) is 0. The van der Waals surface area contributed by atoms with Crippen molar-refractivity contribution in [1.29, 1.82) is 0 Å². The molecule has 0 fully saturated rings. The Kier molecular flexibility index (Phi) is 3.51. The fourth-order valence-electron chi connectivity index (χ4n) is 1.41. The molecule has 1 heterocycles. The molecule has 0 atom stereocenters. The lowest BCUT2D eigenvalue weighted by Gasteiger charge is -2.06. The van der Waals surface area contributed by atoms with Gasteiger partial charge in [-0.2, -0.15) is 0 Å². The molecule has 0 N–H and O–H groups in total. The largest absolute Gasteiger partial charge is 0.504 e. The summed E-state index contributed by atoms with van der Waals surface area (Å²) in [6.45, 7) is 2.61. The molecule has 0 aromatic rings. The van der Waals surface area contributed by atoms with Crippen LogP contribution in [0.5, 0.6) is 0 Å². The van der Waals surface area contributed by atoms with E-state index in [1.54, 1.807) is 25.1 Å². The third-order valence-electron chi connectivity index (χ3n) is 2.07. The number of likely N-dealkylation sites (N-methyl/N-ethyl adjacent to an activating group) is 1. The van der Waals surface area contributed by atoms with Gasteiger partial charge in [0, 0.05) is 19.2 Å². The SMILES string of the molecule is C/C=C\C1=C(/C=C/OC)C(=O)N(C)C1. The standard InChI is InChI=1S/C11H15NO2/c1-4-5-9-8-12(2)11(13)10(9)6-7-14-3/h4-7H,8H2,1-3H3/b5-4-,7-6+. The van der Waals surface area contributed by atoms with E-state index in [9.17, 15) is 4.79 Å². The van der Waals surface area contributed by atoms with Crippen LogP contribution in [0.3, 0.4) is 0 Å². The summed E-state index contributed by atoms with van der Waals surface area (Å²) in [7, 11) is 3.36. The van der Waals surface area contributed by atoms with Crippen molar-refractivity contribution in [1.82, 2.24) is 4.90 Å². The Morgan fingerprint density at radius 1 is 1.43 bits per heavy atom. The van der Waals surface area contributed by atoms with Gasteiger partial charge in [-0.3, -0.25) is 4.79 Å². The fraction of sp³-hybridized carbons (Fsp3) is 0.364. The lowest BCUT2D eigenvalue weighted by Crippen LogP contribution is -2.21. The van der Waals surface area contributed by atoms with Crippen LogP contribution in [0.4, 0.5) is 0 Å². The minimum absolute atomic E-state index is 0.0476. The molecule has 0 unspecified atom stereocenters. The molecule has 0 saturated heterocycles. The lowest BCUT2D eigenvalue weighted by atomic mass is 10.1. The average Bonchev–Trinajstić information content (AvgIpc) is 2.42. The zero-order valence-corrected chi connectivity index (χ0v) is 8.78. The molecule has 0 bridgehead atoms. The van der Waals surface area contributed by atoms with Crippen LogP contribution in [0.1, 0.15) is 6.92 Å². The number of carbonyl (C=O) groups is 1. The summed E-state index contributed by atoms with van der Waals surface area (Å²) in [6, 6.07) is 0. The highest BCUT2D eigenvalue weighted by Crippen LogP contribution is 2.19. The number of allylic oxidation sites excluding steroid dienone is 1. The minimum atomic E-state index is 0.0476. The van der Waals surface area contributed by atoms with Gasteiger partial charge in [-0.15, -0.1) is 0 Å². The molecule has 0 saturated carbocycles. The van der Waals surface area contributed by atoms with Crippen LogP contribution in [0, 0.1) is 0 Å². The van der Waals surface area contributed by atoms with Crippen molar-refractivity contribution in [3.05, 3.63) is 35.6 Å². The summed E-state index contributed by atoms with van der Waals surface area (Å²) in [5.41, 5.74) is 1.75. The normalized spacial score (nSPS) is 17.9. The van der Waals surface area contributed by atoms with Gasteiger partial charge in [0.25, 0.3) is 5.91 Å². The maximum absolute atomic E-state index is 11.6. The van der Waals surface area contributed by atoms with Gasteiger partial charge in [0.15, 0.2) is 0 Å². The van der Waals surface area contributed by atoms with Gasteiger partial charge >= 0.3 is 0 Å². The van der Waals surface area contributed by atoms with Crippen molar-refractivity contribution in [3.63, 3.8) is 0 Å². The van der Waals surface area contributed by atoms with E-state index in [0.29, 0.717) is 12.1 Å². The molecule has 0 aromatic heterocycles. The predicted octanol–water partition coefficient (Wildman–Crippen LogP) is 1.49. The van der Waals surface area contributed by atoms with Crippen LogP contribution in [0.2, 0.25) is 0 Å². The molecular formula is C11H15NO2. The number of hydrogen-bond donors (Lipinski definition) is 0. The Labute approximate surface area is 84.3 Å². The Bertz CT molecular complexity index is 313. The molecule has 1 aliphatic rings. The van der Waals surface area contributed by atoms with Crippen LogP contribution in [-0.2, 0) is 9.53 Å². The summed E-state index contributed by atoms with van der Waals surface area (Å²) in [6.07, 6.45) is 7.12.